The van der Waals surface area contributed by atoms with Crippen molar-refractivity contribution in [3.63, 3.8) is 0 Å². The molecule has 0 spiro atoms. The molecular weight excluding hydrogens is 260 g/mol. The van der Waals surface area contributed by atoms with Crippen LogP contribution in [-0.4, -0.2) is 57.7 Å². The van der Waals surface area contributed by atoms with Gasteiger partial charge in [0.15, 0.2) is 0 Å². The summed E-state index contributed by atoms with van der Waals surface area (Å²) in [6.07, 6.45) is 0. The summed E-state index contributed by atoms with van der Waals surface area (Å²) in [7, 11) is 0. The van der Waals surface area contributed by atoms with Crippen LogP contribution in [0.1, 0.15) is 6.92 Å². The molecule has 0 bridgehead atoms. The number of carbonyl (C=O) groups is 3. The topological polar surface area (TPSA) is 110 Å². The molecule has 100 valence electrons. The molecule has 3 N–H and O–H groups in total. The Morgan fingerprint density at radius 1 is 1.61 bits per heavy atom. The Hall–Kier alpha value is -1.28. The van der Waals surface area contributed by atoms with Crippen molar-refractivity contribution in [1.29, 1.82) is 0 Å². The Labute approximate surface area is 108 Å². The number of esters is 1. The third-order valence-corrected chi connectivity index (χ3v) is 4.58. The van der Waals surface area contributed by atoms with Gasteiger partial charge in [0.2, 0.25) is 5.91 Å². The van der Waals surface area contributed by atoms with Gasteiger partial charge in [-0.2, -0.15) is 0 Å². The maximum absolute atomic E-state index is 11.6. The van der Waals surface area contributed by atoms with E-state index in [-0.39, 0.29) is 17.9 Å². The predicted octanol–water partition coefficient (Wildman–Crippen LogP) is -1.14. The van der Waals surface area contributed by atoms with Gasteiger partial charge in [0.25, 0.3) is 0 Å². The average Bonchev–Trinajstić information content (AvgIpc) is 2.33. The lowest BCUT2D eigenvalue weighted by Crippen LogP contribution is -2.74. The third-order valence-electron chi connectivity index (χ3n) is 3.10. The van der Waals surface area contributed by atoms with Gasteiger partial charge in [-0.15, -0.1) is 11.8 Å². The fourth-order valence-electron chi connectivity index (χ4n) is 2.21. The number of carboxylic acid groups (broad SMARTS) is 1. The molecule has 2 rings (SSSR count). The lowest BCUT2D eigenvalue weighted by Gasteiger charge is -2.52. The van der Waals surface area contributed by atoms with Gasteiger partial charge in [0, 0.05) is 18.6 Å². The molecule has 2 aliphatic heterocycles. The summed E-state index contributed by atoms with van der Waals surface area (Å²) >= 11 is 1.43. The maximum atomic E-state index is 11.6. The van der Waals surface area contributed by atoms with Crippen molar-refractivity contribution in [2.24, 2.45) is 11.7 Å². The van der Waals surface area contributed by atoms with Gasteiger partial charge >= 0.3 is 11.9 Å². The van der Waals surface area contributed by atoms with Crippen LogP contribution in [0.4, 0.5) is 0 Å². The van der Waals surface area contributed by atoms with E-state index >= 15 is 0 Å². The number of hydrogen-bond donors (Lipinski definition) is 2. The summed E-state index contributed by atoms with van der Waals surface area (Å²) < 4.78 is 4.85. The Morgan fingerprint density at radius 2 is 2.28 bits per heavy atom. The van der Waals surface area contributed by atoms with Gasteiger partial charge in [0.1, 0.15) is 17.5 Å². The molecule has 0 aliphatic carbocycles. The van der Waals surface area contributed by atoms with Gasteiger partial charge in [0.05, 0.1) is 6.61 Å². The fourth-order valence-corrected chi connectivity index (χ4v) is 3.66. The van der Waals surface area contributed by atoms with Gasteiger partial charge < -0.3 is 20.5 Å². The van der Waals surface area contributed by atoms with E-state index in [1.54, 1.807) is 0 Å². The summed E-state index contributed by atoms with van der Waals surface area (Å²) in [5.74, 6) is -1.79. The van der Waals surface area contributed by atoms with Crippen LogP contribution in [0.5, 0.6) is 0 Å². The Morgan fingerprint density at radius 3 is 2.83 bits per heavy atom. The number of fused-ring (bicyclic) bond motifs is 1. The van der Waals surface area contributed by atoms with E-state index < -0.39 is 29.9 Å². The van der Waals surface area contributed by atoms with Crippen molar-refractivity contribution in [3.8, 4) is 0 Å². The van der Waals surface area contributed by atoms with Crippen LogP contribution in [0, 0.1) is 5.92 Å². The van der Waals surface area contributed by atoms with Crippen molar-refractivity contribution in [3.05, 3.63) is 0 Å². The van der Waals surface area contributed by atoms with E-state index in [2.05, 4.69) is 0 Å². The Balaban J connectivity index is 2.10. The molecule has 18 heavy (non-hydrogen) atoms. The normalized spacial score (nSPS) is 34.6. The molecule has 0 aromatic heterocycles. The fraction of sp³-hybridized carbons (Fsp3) is 0.700. The van der Waals surface area contributed by atoms with Gasteiger partial charge in [-0.05, 0) is 0 Å². The monoisotopic (exact) mass is 274 g/mol. The van der Waals surface area contributed by atoms with E-state index in [1.165, 1.54) is 23.6 Å². The summed E-state index contributed by atoms with van der Waals surface area (Å²) in [4.78, 5) is 34.9. The van der Waals surface area contributed by atoms with E-state index in [0.717, 1.165) is 0 Å². The number of nitrogens with zero attached hydrogens (tertiary/aromatic N) is 1. The molecule has 8 heteroatoms. The number of aliphatic carboxylic acids is 1. The van der Waals surface area contributed by atoms with Gasteiger partial charge in [-0.25, -0.2) is 4.79 Å². The second-order valence-corrected chi connectivity index (χ2v) is 5.49. The Kier molecular flexibility index (Phi) is 3.49. The quantitative estimate of drug-likeness (QED) is 0.494. The van der Waals surface area contributed by atoms with E-state index in [4.69, 9.17) is 10.5 Å². The highest BCUT2D eigenvalue weighted by Gasteiger charge is 2.56. The highest BCUT2D eigenvalue weighted by Crippen LogP contribution is 2.39. The summed E-state index contributed by atoms with van der Waals surface area (Å²) in [5, 5.41) is 8.94. The predicted molar refractivity (Wildman–Crippen MR) is 62.6 cm³/mol. The van der Waals surface area contributed by atoms with Crippen molar-refractivity contribution in [1.82, 2.24) is 4.90 Å². The highest BCUT2D eigenvalue weighted by atomic mass is 32.2. The molecule has 2 fully saturated rings. The van der Waals surface area contributed by atoms with Crippen LogP contribution in [0.15, 0.2) is 0 Å². The SMILES string of the molecule is CC(=O)OCC1CS[C@@H]2[C@H](N)C(=O)N2C1C(=O)O. The minimum atomic E-state index is -1.09. The van der Waals surface area contributed by atoms with Gasteiger partial charge in [-0.3, -0.25) is 9.59 Å². The van der Waals surface area contributed by atoms with Crippen LogP contribution in [0.25, 0.3) is 0 Å². The number of carbonyl (C=O) groups excluding carboxylic acids is 2. The summed E-state index contributed by atoms with van der Waals surface area (Å²) in [5.41, 5.74) is 5.62. The minimum absolute atomic E-state index is 0.00500. The molecule has 4 atom stereocenters. The summed E-state index contributed by atoms with van der Waals surface area (Å²) in [6.45, 7) is 1.27. The van der Waals surface area contributed by atoms with Crippen LogP contribution < -0.4 is 5.73 Å². The highest BCUT2D eigenvalue weighted by molar-refractivity contribution is 8.00. The smallest absolute Gasteiger partial charge is 0.326 e. The molecule has 0 aromatic rings. The molecule has 0 radical (unpaired) electrons. The number of thioether (sulfide) groups is 1. The average molecular weight is 274 g/mol. The third kappa shape index (κ3) is 2.05. The first-order valence-electron chi connectivity index (χ1n) is 5.49. The van der Waals surface area contributed by atoms with Gasteiger partial charge in [-0.1, -0.05) is 0 Å². The van der Waals surface area contributed by atoms with Crippen LogP contribution >= 0.6 is 11.8 Å². The number of hydrogen-bond acceptors (Lipinski definition) is 6. The first-order valence-corrected chi connectivity index (χ1v) is 6.54. The molecule has 2 heterocycles. The summed E-state index contributed by atoms with van der Waals surface area (Å²) in [6, 6.07) is -1.57. The number of rotatable bonds is 3. The molecule has 7 nitrogen and oxygen atoms in total. The van der Waals surface area contributed by atoms with E-state index in [1.807, 2.05) is 0 Å². The molecule has 2 saturated heterocycles. The zero-order valence-corrected chi connectivity index (χ0v) is 10.6. The lowest BCUT2D eigenvalue weighted by molar-refractivity contribution is -0.165. The van der Waals surface area contributed by atoms with Crippen molar-refractivity contribution in [2.45, 2.75) is 24.4 Å². The molecule has 0 aromatic carbocycles. The number of carboxylic acids is 1. The van der Waals surface area contributed by atoms with Crippen LogP contribution in [0.3, 0.4) is 0 Å². The Bertz CT molecular complexity index is 402. The maximum Gasteiger partial charge on any atom is 0.326 e. The molecular formula is C10H14N2O5S. The molecule has 1 amide bonds. The van der Waals surface area contributed by atoms with Crippen LogP contribution in [0.2, 0.25) is 0 Å². The minimum Gasteiger partial charge on any atom is -0.480 e. The molecule has 0 saturated carbocycles. The zero-order chi connectivity index (χ0) is 13.4. The van der Waals surface area contributed by atoms with E-state index in [0.29, 0.717) is 5.75 Å². The molecule has 2 unspecified atom stereocenters. The first-order chi connectivity index (χ1) is 8.43. The second-order valence-electron chi connectivity index (χ2n) is 4.34. The standard InChI is InChI=1S/C10H14N2O5S/c1-4(13)17-2-5-3-18-9-6(11)8(14)12(9)7(5)10(15)16/h5-7,9H,2-3,11H2,1H3,(H,15,16)/t5?,6-,7?,9-/m1/s1. The number of amides is 1. The number of ether oxygens (including phenoxy) is 1. The van der Waals surface area contributed by atoms with Crippen molar-refractivity contribution < 1.29 is 24.2 Å². The number of β-lactam (4-membered cyclic amide) rings is 1. The first kappa shape index (κ1) is 13.2. The largest absolute Gasteiger partial charge is 0.480 e. The molecule has 2 aliphatic rings. The van der Waals surface area contributed by atoms with Crippen LogP contribution in [-0.2, 0) is 19.1 Å². The van der Waals surface area contributed by atoms with Crippen molar-refractivity contribution in [2.75, 3.05) is 12.4 Å². The zero-order valence-electron chi connectivity index (χ0n) is 9.74. The van der Waals surface area contributed by atoms with Crippen molar-refractivity contribution >= 4 is 29.6 Å². The second kappa shape index (κ2) is 4.77. The van der Waals surface area contributed by atoms with E-state index in [9.17, 15) is 19.5 Å². The number of nitrogens with two attached hydrogens (primary N) is 1. The lowest BCUT2D eigenvalue weighted by atomic mass is 9.94.